The van der Waals surface area contributed by atoms with E-state index in [9.17, 15) is 19.5 Å². The van der Waals surface area contributed by atoms with Gasteiger partial charge in [-0.25, -0.2) is 5.01 Å². The fourth-order valence-electron chi connectivity index (χ4n) is 4.62. The number of carboxylic acid groups (broad SMARTS) is 1. The molecule has 3 saturated carbocycles. The largest absolute Gasteiger partial charge is 0.481 e. The minimum absolute atomic E-state index is 0.126. The number of nitrogens with one attached hydrogen (secondary N) is 1. The van der Waals surface area contributed by atoms with Gasteiger partial charge in [0.05, 0.1) is 10.8 Å². The molecule has 1 aromatic carbocycles. The number of carbonyl (C=O) groups is 3. The Bertz CT molecular complexity index is 733. The molecular formula is C19H22N2O4. The first-order valence-corrected chi connectivity index (χ1v) is 8.90. The molecule has 5 rings (SSSR count). The van der Waals surface area contributed by atoms with Crippen LogP contribution in [0.4, 0.5) is 0 Å². The molecule has 0 spiro atoms. The van der Waals surface area contributed by atoms with E-state index in [2.05, 4.69) is 5.43 Å². The number of hydrazine groups is 1. The summed E-state index contributed by atoms with van der Waals surface area (Å²) in [5, 5.41) is 10.9. The number of hydrogen-bond donors (Lipinski definition) is 2. The summed E-state index contributed by atoms with van der Waals surface area (Å²) in [5.74, 6) is -1.03. The third kappa shape index (κ3) is 2.42. The number of rotatable bonds is 3. The molecule has 0 unspecified atom stereocenters. The van der Waals surface area contributed by atoms with E-state index in [1.807, 2.05) is 18.2 Å². The van der Waals surface area contributed by atoms with Crippen molar-refractivity contribution in [3.8, 4) is 0 Å². The second kappa shape index (κ2) is 5.58. The lowest BCUT2D eigenvalue weighted by atomic mass is 9.53. The van der Waals surface area contributed by atoms with Gasteiger partial charge >= 0.3 is 5.97 Å². The maximum absolute atomic E-state index is 12.9. The van der Waals surface area contributed by atoms with Crippen LogP contribution in [0.2, 0.25) is 0 Å². The van der Waals surface area contributed by atoms with E-state index in [0.29, 0.717) is 50.6 Å². The summed E-state index contributed by atoms with van der Waals surface area (Å²) in [5.41, 5.74) is 3.33. The van der Waals surface area contributed by atoms with Crippen LogP contribution in [0.1, 0.15) is 54.4 Å². The fourth-order valence-corrected chi connectivity index (χ4v) is 4.62. The van der Waals surface area contributed by atoms with Gasteiger partial charge in [0.1, 0.15) is 0 Å². The van der Waals surface area contributed by atoms with Crippen molar-refractivity contribution in [1.82, 2.24) is 10.4 Å². The minimum atomic E-state index is -0.732. The molecule has 3 aliphatic carbocycles. The topological polar surface area (TPSA) is 86.7 Å². The van der Waals surface area contributed by atoms with Crippen LogP contribution < -0.4 is 5.43 Å². The quantitative estimate of drug-likeness (QED) is 0.881. The SMILES string of the molecule is O=C1c2ccccc2CCN1NC(=O)C12CCC(C(=O)O)(CC1)CC2. The van der Waals surface area contributed by atoms with Gasteiger partial charge in [-0.2, -0.15) is 0 Å². The van der Waals surface area contributed by atoms with E-state index >= 15 is 0 Å². The van der Waals surface area contributed by atoms with Gasteiger partial charge in [0.2, 0.25) is 5.91 Å². The van der Waals surface area contributed by atoms with E-state index < -0.39 is 16.8 Å². The summed E-state index contributed by atoms with van der Waals surface area (Å²) >= 11 is 0. The first-order valence-electron chi connectivity index (χ1n) is 8.90. The van der Waals surface area contributed by atoms with Gasteiger partial charge in [0, 0.05) is 12.1 Å². The average molecular weight is 342 g/mol. The van der Waals surface area contributed by atoms with Crippen LogP contribution in [0.3, 0.4) is 0 Å². The normalized spacial score (nSPS) is 30.7. The van der Waals surface area contributed by atoms with Crippen LogP contribution in [0.25, 0.3) is 0 Å². The standard InChI is InChI=1S/C19H22N2O4/c22-15-14-4-2-1-3-13(14)5-12-21(15)20-16(23)18-6-9-19(10-7-18,11-8-18)17(24)25/h1-4H,5-12H2,(H,20,23)(H,24,25). The molecule has 1 aromatic rings. The zero-order valence-electron chi connectivity index (χ0n) is 14.1. The van der Waals surface area contributed by atoms with Crippen LogP contribution in [0.15, 0.2) is 24.3 Å². The monoisotopic (exact) mass is 342 g/mol. The van der Waals surface area contributed by atoms with Crippen molar-refractivity contribution < 1.29 is 19.5 Å². The lowest BCUT2D eigenvalue weighted by molar-refractivity contribution is -0.164. The number of hydrogen-bond acceptors (Lipinski definition) is 3. The maximum atomic E-state index is 12.9. The Kier molecular flexibility index (Phi) is 3.60. The van der Waals surface area contributed by atoms with Crippen LogP contribution in [-0.2, 0) is 16.0 Å². The summed E-state index contributed by atoms with van der Waals surface area (Å²) in [7, 11) is 0. The minimum Gasteiger partial charge on any atom is -0.481 e. The Balaban J connectivity index is 1.47. The second-order valence-electron chi connectivity index (χ2n) is 7.67. The van der Waals surface area contributed by atoms with E-state index in [1.54, 1.807) is 6.07 Å². The van der Waals surface area contributed by atoms with Gasteiger partial charge < -0.3 is 5.11 Å². The van der Waals surface area contributed by atoms with Crippen molar-refractivity contribution in [2.75, 3.05) is 6.54 Å². The van der Waals surface area contributed by atoms with E-state index in [4.69, 9.17) is 0 Å². The summed E-state index contributed by atoms with van der Waals surface area (Å²) in [6, 6.07) is 7.47. The molecule has 1 heterocycles. The molecule has 132 valence electrons. The molecule has 0 aromatic heterocycles. The van der Waals surface area contributed by atoms with Crippen molar-refractivity contribution in [1.29, 1.82) is 0 Å². The molecule has 2 amide bonds. The lowest BCUT2D eigenvalue weighted by Crippen LogP contribution is -2.57. The number of benzene rings is 1. The van der Waals surface area contributed by atoms with E-state index in [0.717, 1.165) is 12.0 Å². The molecule has 6 nitrogen and oxygen atoms in total. The van der Waals surface area contributed by atoms with Gasteiger partial charge in [-0.1, -0.05) is 18.2 Å². The second-order valence-corrected chi connectivity index (χ2v) is 7.67. The Hall–Kier alpha value is -2.37. The van der Waals surface area contributed by atoms with Crippen molar-refractivity contribution in [2.45, 2.75) is 44.9 Å². The van der Waals surface area contributed by atoms with E-state index in [1.165, 1.54) is 5.01 Å². The van der Waals surface area contributed by atoms with Crippen molar-refractivity contribution in [3.63, 3.8) is 0 Å². The van der Waals surface area contributed by atoms with Crippen LogP contribution in [0.5, 0.6) is 0 Å². The first kappa shape index (κ1) is 16.1. The molecule has 6 heteroatoms. The summed E-state index contributed by atoms with van der Waals surface area (Å²) in [6.07, 6.45) is 4.13. The van der Waals surface area contributed by atoms with Crippen molar-refractivity contribution in [3.05, 3.63) is 35.4 Å². The van der Waals surface area contributed by atoms with Crippen molar-refractivity contribution in [2.24, 2.45) is 10.8 Å². The van der Waals surface area contributed by atoms with Crippen LogP contribution >= 0.6 is 0 Å². The highest BCUT2D eigenvalue weighted by atomic mass is 16.4. The third-order valence-corrected chi connectivity index (χ3v) is 6.52. The number of amides is 2. The zero-order chi connectivity index (χ0) is 17.7. The summed E-state index contributed by atoms with van der Waals surface area (Å²) in [6.45, 7) is 0.469. The van der Waals surface area contributed by atoms with Gasteiger partial charge in [0.25, 0.3) is 5.91 Å². The number of carboxylic acids is 1. The third-order valence-electron chi connectivity index (χ3n) is 6.52. The predicted octanol–water partition coefficient (Wildman–Crippen LogP) is 2.14. The Morgan fingerprint density at radius 2 is 1.60 bits per heavy atom. The van der Waals surface area contributed by atoms with Crippen molar-refractivity contribution >= 4 is 17.8 Å². The number of fused-ring (bicyclic) bond motifs is 4. The molecule has 0 atom stereocenters. The van der Waals surface area contributed by atoms with Crippen LogP contribution in [0, 0.1) is 10.8 Å². The van der Waals surface area contributed by atoms with Gasteiger partial charge in [-0.15, -0.1) is 0 Å². The molecule has 2 bridgehead atoms. The number of carbonyl (C=O) groups excluding carboxylic acids is 2. The van der Waals surface area contributed by atoms with Crippen LogP contribution in [-0.4, -0.2) is 34.4 Å². The molecule has 25 heavy (non-hydrogen) atoms. The fraction of sp³-hybridized carbons (Fsp3) is 0.526. The molecule has 2 N–H and O–H groups in total. The Labute approximate surface area is 146 Å². The zero-order valence-corrected chi connectivity index (χ0v) is 14.1. The summed E-state index contributed by atoms with van der Waals surface area (Å²) in [4.78, 5) is 37.1. The highest BCUT2D eigenvalue weighted by molar-refractivity contribution is 5.98. The Morgan fingerprint density at radius 3 is 2.24 bits per heavy atom. The average Bonchev–Trinajstić information content (AvgIpc) is 2.65. The van der Waals surface area contributed by atoms with Gasteiger partial charge in [0.15, 0.2) is 0 Å². The highest BCUT2D eigenvalue weighted by Gasteiger charge is 2.56. The smallest absolute Gasteiger partial charge is 0.309 e. The molecule has 4 aliphatic rings. The highest BCUT2D eigenvalue weighted by Crippen LogP contribution is 2.57. The molecular weight excluding hydrogens is 320 g/mol. The lowest BCUT2D eigenvalue weighted by Gasteiger charge is -2.50. The van der Waals surface area contributed by atoms with E-state index in [-0.39, 0.29) is 11.8 Å². The van der Waals surface area contributed by atoms with Gasteiger partial charge in [-0.3, -0.25) is 19.8 Å². The molecule has 0 radical (unpaired) electrons. The molecule has 0 saturated heterocycles. The Morgan fingerprint density at radius 1 is 1.00 bits per heavy atom. The number of aliphatic carboxylic acids is 1. The maximum Gasteiger partial charge on any atom is 0.309 e. The molecule has 1 aliphatic heterocycles. The molecule has 3 fully saturated rings. The van der Waals surface area contributed by atoms with Gasteiger partial charge in [-0.05, 0) is 56.6 Å². The first-order chi connectivity index (χ1) is 12.0. The number of nitrogens with zero attached hydrogens (tertiary/aromatic N) is 1. The predicted molar refractivity (Wildman–Crippen MR) is 89.5 cm³/mol. The summed E-state index contributed by atoms with van der Waals surface area (Å²) < 4.78 is 0.